The average molecular weight is 284 g/mol. The number of aromatic nitrogens is 2. The van der Waals surface area contributed by atoms with Crippen LogP contribution < -0.4 is 10.3 Å². The van der Waals surface area contributed by atoms with Crippen molar-refractivity contribution >= 4 is 0 Å². The summed E-state index contributed by atoms with van der Waals surface area (Å²) in [5.41, 5.74) is 1.84. The fraction of sp³-hybridized carbons (Fsp3) is 0.412. The van der Waals surface area contributed by atoms with Gasteiger partial charge in [0.2, 0.25) is 0 Å². The van der Waals surface area contributed by atoms with Gasteiger partial charge >= 0.3 is 0 Å². The predicted molar refractivity (Wildman–Crippen MR) is 82.6 cm³/mol. The molecule has 110 valence electrons. The summed E-state index contributed by atoms with van der Waals surface area (Å²) in [7, 11) is 0. The molecule has 1 aromatic heterocycles. The van der Waals surface area contributed by atoms with Gasteiger partial charge in [-0.1, -0.05) is 12.8 Å². The van der Waals surface area contributed by atoms with Crippen molar-refractivity contribution in [3.05, 3.63) is 46.8 Å². The predicted octanol–water partition coefficient (Wildman–Crippen LogP) is 3.42. The van der Waals surface area contributed by atoms with Crippen LogP contribution in [0.3, 0.4) is 0 Å². The van der Waals surface area contributed by atoms with Gasteiger partial charge < -0.3 is 4.74 Å². The molecule has 0 N–H and O–H groups in total. The highest BCUT2D eigenvalue weighted by atomic mass is 16.5. The Morgan fingerprint density at radius 3 is 2.52 bits per heavy atom. The molecule has 1 aliphatic carbocycles. The van der Waals surface area contributed by atoms with Crippen molar-refractivity contribution in [3.8, 4) is 17.0 Å². The summed E-state index contributed by atoms with van der Waals surface area (Å²) in [5.74, 6) is 0.852. The number of hydrogen-bond acceptors (Lipinski definition) is 3. The Morgan fingerprint density at radius 1 is 1.14 bits per heavy atom. The summed E-state index contributed by atoms with van der Waals surface area (Å²) in [6.07, 6.45) is 4.48. The molecule has 3 rings (SSSR count). The van der Waals surface area contributed by atoms with Gasteiger partial charge in [-0.15, -0.1) is 0 Å². The molecular weight excluding hydrogens is 264 g/mol. The lowest BCUT2D eigenvalue weighted by atomic mass is 10.1. The molecule has 1 saturated carbocycles. The van der Waals surface area contributed by atoms with Crippen LogP contribution in [0.15, 0.2) is 41.2 Å². The van der Waals surface area contributed by atoms with E-state index in [0.717, 1.165) is 29.8 Å². The van der Waals surface area contributed by atoms with Crippen LogP contribution in [0, 0.1) is 0 Å². The van der Waals surface area contributed by atoms with Gasteiger partial charge in [0.05, 0.1) is 18.3 Å². The number of hydrogen-bond donors (Lipinski definition) is 0. The Morgan fingerprint density at radius 2 is 1.86 bits per heavy atom. The molecule has 0 amide bonds. The molecule has 0 radical (unpaired) electrons. The second-order valence-corrected chi connectivity index (χ2v) is 5.40. The lowest BCUT2D eigenvalue weighted by Crippen LogP contribution is -2.25. The number of rotatable bonds is 4. The summed E-state index contributed by atoms with van der Waals surface area (Å²) < 4.78 is 7.11. The van der Waals surface area contributed by atoms with Crippen molar-refractivity contribution in [1.29, 1.82) is 0 Å². The maximum absolute atomic E-state index is 12.0. The molecule has 0 saturated heterocycles. The fourth-order valence-corrected chi connectivity index (χ4v) is 2.88. The van der Waals surface area contributed by atoms with Crippen LogP contribution in [-0.4, -0.2) is 16.4 Å². The largest absolute Gasteiger partial charge is 0.494 e. The van der Waals surface area contributed by atoms with E-state index >= 15 is 0 Å². The lowest BCUT2D eigenvalue weighted by Gasteiger charge is -2.13. The molecule has 1 aromatic carbocycles. The van der Waals surface area contributed by atoms with E-state index in [-0.39, 0.29) is 11.6 Å². The van der Waals surface area contributed by atoms with Gasteiger partial charge in [0.25, 0.3) is 5.56 Å². The van der Waals surface area contributed by atoms with Crippen LogP contribution >= 0.6 is 0 Å². The molecule has 1 heterocycles. The smallest absolute Gasteiger partial charge is 0.267 e. The first-order chi connectivity index (χ1) is 10.3. The first kappa shape index (κ1) is 13.9. The van der Waals surface area contributed by atoms with Gasteiger partial charge in [0.15, 0.2) is 0 Å². The minimum Gasteiger partial charge on any atom is -0.494 e. The third kappa shape index (κ3) is 2.99. The molecule has 0 spiro atoms. The van der Waals surface area contributed by atoms with Crippen molar-refractivity contribution in [2.75, 3.05) is 6.61 Å². The summed E-state index contributed by atoms with van der Waals surface area (Å²) >= 11 is 0. The normalized spacial score (nSPS) is 15.3. The van der Waals surface area contributed by atoms with Crippen LogP contribution in [0.1, 0.15) is 38.6 Å². The molecule has 0 bridgehead atoms. The van der Waals surface area contributed by atoms with E-state index in [1.54, 1.807) is 16.8 Å². The highest BCUT2D eigenvalue weighted by Gasteiger charge is 2.19. The number of nitrogens with zero attached hydrogens (tertiary/aromatic N) is 2. The maximum Gasteiger partial charge on any atom is 0.267 e. The van der Waals surface area contributed by atoms with Crippen LogP contribution in [0.4, 0.5) is 0 Å². The van der Waals surface area contributed by atoms with Crippen molar-refractivity contribution < 1.29 is 4.74 Å². The van der Waals surface area contributed by atoms with Crippen molar-refractivity contribution in [1.82, 2.24) is 9.78 Å². The second-order valence-electron chi connectivity index (χ2n) is 5.40. The van der Waals surface area contributed by atoms with Gasteiger partial charge in [-0.05, 0) is 50.1 Å². The number of benzene rings is 1. The summed E-state index contributed by atoms with van der Waals surface area (Å²) in [6.45, 7) is 2.62. The summed E-state index contributed by atoms with van der Waals surface area (Å²) in [5, 5.41) is 4.56. The van der Waals surface area contributed by atoms with E-state index in [4.69, 9.17) is 4.74 Å². The third-order valence-corrected chi connectivity index (χ3v) is 3.96. The zero-order valence-electron chi connectivity index (χ0n) is 12.3. The van der Waals surface area contributed by atoms with Crippen molar-refractivity contribution in [2.24, 2.45) is 0 Å². The molecular formula is C17H20N2O2. The van der Waals surface area contributed by atoms with Crippen LogP contribution in [0.5, 0.6) is 5.75 Å². The third-order valence-electron chi connectivity index (χ3n) is 3.96. The highest BCUT2D eigenvalue weighted by Crippen LogP contribution is 2.28. The van der Waals surface area contributed by atoms with E-state index in [0.29, 0.717) is 6.61 Å². The molecule has 4 nitrogen and oxygen atoms in total. The first-order valence-electron chi connectivity index (χ1n) is 7.61. The Bertz CT molecular complexity index is 655. The first-order valence-corrected chi connectivity index (χ1v) is 7.61. The van der Waals surface area contributed by atoms with Crippen molar-refractivity contribution in [3.63, 3.8) is 0 Å². The Kier molecular flexibility index (Phi) is 4.04. The molecule has 0 aliphatic heterocycles. The Labute approximate surface area is 124 Å². The molecule has 21 heavy (non-hydrogen) atoms. The monoisotopic (exact) mass is 284 g/mol. The topological polar surface area (TPSA) is 44.1 Å². The van der Waals surface area contributed by atoms with E-state index in [9.17, 15) is 4.79 Å². The molecule has 1 aliphatic rings. The van der Waals surface area contributed by atoms with Crippen LogP contribution in [-0.2, 0) is 0 Å². The Balaban J connectivity index is 1.91. The standard InChI is InChI=1S/C17H20N2O2/c1-2-21-15-9-7-13(8-10-15)16-11-12-17(20)19(18-16)14-5-3-4-6-14/h7-12,14H,2-6H2,1H3. The molecule has 2 aromatic rings. The molecule has 0 unspecified atom stereocenters. The maximum atomic E-state index is 12.0. The summed E-state index contributed by atoms with van der Waals surface area (Å²) in [6, 6.07) is 11.5. The zero-order chi connectivity index (χ0) is 14.7. The SMILES string of the molecule is CCOc1ccc(-c2ccc(=O)n(C3CCCC3)n2)cc1. The van der Waals surface area contributed by atoms with Gasteiger partial charge in [-0.3, -0.25) is 4.79 Å². The van der Waals surface area contributed by atoms with Crippen LogP contribution in [0.2, 0.25) is 0 Å². The van der Waals surface area contributed by atoms with Crippen molar-refractivity contribution in [2.45, 2.75) is 38.6 Å². The van der Waals surface area contributed by atoms with Gasteiger partial charge in [0, 0.05) is 11.6 Å². The fourth-order valence-electron chi connectivity index (χ4n) is 2.88. The Hall–Kier alpha value is -2.10. The molecule has 4 heteroatoms. The quantitative estimate of drug-likeness (QED) is 0.864. The minimum absolute atomic E-state index is 0.00316. The summed E-state index contributed by atoms with van der Waals surface area (Å²) in [4.78, 5) is 12.0. The van der Waals surface area contributed by atoms with Gasteiger partial charge in [-0.25, -0.2) is 4.68 Å². The van der Waals surface area contributed by atoms with Gasteiger partial charge in [0.1, 0.15) is 5.75 Å². The van der Waals surface area contributed by atoms with Crippen LogP contribution in [0.25, 0.3) is 11.3 Å². The lowest BCUT2D eigenvalue weighted by molar-refractivity contribution is 0.340. The van der Waals surface area contributed by atoms with E-state index < -0.39 is 0 Å². The van der Waals surface area contributed by atoms with E-state index in [2.05, 4.69) is 5.10 Å². The van der Waals surface area contributed by atoms with E-state index in [1.165, 1.54) is 12.8 Å². The second kappa shape index (κ2) is 6.12. The minimum atomic E-state index is -0.00316. The number of ether oxygens (including phenoxy) is 1. The van der Waals surface area contributed by atoms with E-state index in [1.807, 2.05) is 31.2 Å². The molecule has 1 fully saturated rings. The van der Waals surface area contributed by atoms with Gasteiger partial charge in [-0.2, -0.15) is 5.10 Å². The zero-order valence-corrected chi connectivity index (χ0v) is 12.3. The average Bonchev–Trinajstić information content (AvgIpc) is 3.03. The highest BCUT2D eigenvalue weighted by molar-refractivity contribution is 5.59. The molecule has 0 atom stereocenters.